The van der Waals surface area contributed by atoms with Crippen LogP contribution in [0, 0.1) is 24.2 Å². The molecular weight excluding hydrogens is 446 g/mol. The first-order chi connectivity index (χ1) is 16.2. The summed E-state index contributed by atoms with van der Waals surface area (Å²) in [5, 5.41) is 11.1. The fourth-order valence-electron chi connectivity index (χ4n) is 8.00. The third-order valence-electron chi connectivity index (χ3n) is 9.83. The van der Waals surface area contributed by atoms with Crippen LogP contribution in [0.3, 0.4) is 0 Å². The number of hydrogen-bond donors (Lipinski definition) is 1. The van der Waals surface area contributed by atoms with Crippen molar-refractivity contribution in [2.75, 3.05) is 12.4 Å². The van der Waals surface area contributed by atoms with Gasteiger partial charge in [0.2, 0.25) is 5.91 Å². The normalized spacial score (nSPS) is 35.8. The third-order valence-corrected chi connectivity index (χ3v) is 10.1. The molecule has 34 heavy (non-hydrogen) atoms. The summed E-state index contributed by atoms with van der Waals surface area (Å²) in [6.45, 7) is 9.52. The van der Waals surface area contributed by atoms with E-state index in [-0.39, 0.29) is 35.1 Å². The molecule has 1 N–H and O–H groups in total. The number of rotatable bonds is 3. The first kappa shape index (κ1) is 24.1. The first-order valence-electron chi connectivity index (χ1n) is 13.0. The van der Waals surface area contributed by atoms with Gasteiger partial charge in [-0.05, 0) is 90.5 Å². The maximum Gasteiger partial charge on any atom is 0.237 e. The lowest BCUT2D eigenvalue weighted by atomic mass is 9.57. The number of alkyl halides is 1. The van der Waals surface area contributed by atoms with Crippen molar-refractivity contribution in [2.24, 2.45) is 17.3 Å². The largest absolute Gasteiger partial charge is 0.391 e. The SMILES string of the molecule is Cc1c([C@H](C)[C@H]2[C@H](O)C[C@H](C)CN2C(=O)CCl)ccc2c1C[C@H]1[C@H]2CCC2=CC(=O)CC[C@@]21C. The van der Waals surface area contributed by atoms with Crippen molar-refractivity contribution >= 4 is 23.3 Å². The molecule has 0 unspecified atom stereocenters. The predicted molar refractivity (Wildman–Crippen MR) is 135 cm³/mol. The van der Waals surface area contributed by atoms with Crippen molar-refractivity contribution < 1.29 is 14.7 Å². The fraction of sp³-hybridized carbons (Fsp3) is 0.655. The maximum atomic E-state index is 12.7. The summed E-state index contributed by atoms with van der Waals surface area (Å²) in [7, 11) is 0. The highest BCUT2D eigenvalue weighted by Gasteiger charge is 2.51. The summed E-state index contributed by atoms with van der Waals surface area (Å²) >= 11 is 5.95. The average Bonchev–Trinajstić information content (AvgIpc) is 3.19. The van der Waals surface area contributed by atoms with E-state index in [2.05, 4.69) is 39.8 Å². The standard InChI is InChI=1S/C29H38ClNO3/c1-16-11-26(33)28(31(15-16)27(34)14-30)18(3)21-7-8-22-23-6-5-19-12-20(32)9-10-29(19,4)25(23)13-24(22)17(21)2/h7-8,12,16,18,23,25-26,28,33H,5-6,9-11,13-15H2,1-4H3/t16-,18-,23-,25-,26+,28-,29-/m0/s1. The Morgan fingerprint density at radius 3 is 2.82 bits per heavy atom. The summed E-state index contributed by atoms with van der Waals surface area (Å²) in [5.74, 6) is 1.56. The van der Waals surface area contributed by atoms with Crippen LogP contribution in [0.2, 0.25) is 0 Å². The van der Waals surface area contributed by atoms with Gasteiger partial charge in [-0.15, -0.1) is 11.6 Å². The number of allylic oxidation sites excluding steroid dienone is 2. The highest BCUT2D eigenvalue weighted by Crippen LogP contribution is 2.60. The number of fused-ring (bicyclic) bond motifs is 5. The topological polar surface area (TPSA) is 57.6 Å². The summed E-state index contributed by atoms with van der Waals surface area (Å²) in [6, 6.07) is 4.34. The van der Waals surface area contributed by atoms with Gasteiger partial charge in [0.25, 0.3) is 0 Å². The summed E-state index contributed by atoms with van der Waals surface area (Å²) in [4.78, 5) is 26.6. The Labute approximate surface area is 208 Å². The Kier molecular flexibility index (Phi) is 6.21. The van der Waals surface area contributed by atoms with E-state index >= 15 is 0 Å². The zero-order chi connectivity index (χ0) is 24.4. The molecule has 0 radical (unpaired) electrons. The Hall–Kier alpha value is -1.65. The van der Waals surface area contributed by atoms with Crippen molar-refractivity contribution in [2.45, 2.75) is 90.2 Å². The van der Waals surface area contributed by atoms with Crippen LogP contribution in [0.1, 0.15) is 87.0 Å². The van der Waals surface area contributed by atoms with E-state index in [0.29, 0.717) is 37.0 Å². The molecule has 7 atom stereocenters. The molecule has 1 aromatic carbocycles. The monoisotopic (exact) mass is 483 g/mol. The molecule has 0 aromatic heterocycles. The Morgan fingerprint density at radius 2 is 2.09 bits per heavy atom. The van der Waals surface area contributed by atoms with Gasteiger partial charge in [0.15, 0.2) is 5.78 Å². The van der Waals surface area contributed by atoms with Crippen LogP contribution in [-0.4, -0.2) is 46.3 Å². The predicted octanol–water partition coefficient (Wildman–Crippen LogP) is 5.28. The van der Waals surface area contributed by atoms with Gasteiger partial charge in [-0.3, -0.25) is 9.59 Å². The molecule has 5 heteroatoms. The van der Waals surface area contributed by atoms with Crippen LogP contribution in [0.4, 0.5) is 0 Å². The number of aliphatic hydroxyl groups is 1. The second-order valence-electron chi connectivity index (χ2n) is 11.7. The van der Waals surface area contributed by atoms with Crippen LogP contribution < -0.4 is 0 Å². The van der Waals surface area contributed by atoms with Crippen molar-refractivity contribution in [3.63, 3.8) is 0 Å². The Bertz CT molecular complexity index is 1050. The molecule has 3 aliphatic carbocycles. The first-order valence-corrected chi connectivity index (χ1v) is 13.6. The highest BCUT2D eigenvalue weighted by molar-refractivity contribution is 6.27. The number of ketones is 1. The zero-order valence-corrected chi connectivity index (χ0v) is 21.7. The number of halogens is 1. The molecule has 1 heterocycles. The van der Waals surface area contributed by atoms with Gasteiger partial charge in [0.05, 0.1) is 12.1 Å². The van der Waals surface area contributed by atoms with Gasteiger partial charge < -0.3 is 10.0 Å². The molecule has 0 spiro atoms. The minimum Gasteiger partial charge on any atom is -0.391 e. The average molecular weight is 484 g/mol. The van der Waals surface area contributed by atoms with Crippen LogP contribution in [0.25, 0.3) is 0 Å². The lowest BCUT2D eigenvalue weighted by Gasteiger charge is -2.47. The smallest absolute Gasteiger partial charge is 0.237 e. The minimum atomic E-state index is -0.549. The lowest BCUT2D eigenvalue weighted by molar-refractivity contribution is -0.138. The van der Waals surface area contributed by atoms with Crippen molar-refractivity contribution in [3.05, 3.63) is 46.0 Å². The van der Waals surface area contributed by atoms with Crippen molar-refractivity contribution in [3.8, 4) is 0 Å². The number of likely N-dealkylation sites (tertiary alicyclic amines) is 1. The van der Waals surface area contributed by atoms with Gasteiger partial charge in [-0.2, -0.15) is 0 Å². The highest BCUT2D eigenvalue weighted by atomic mass is 35.5. The van der Waals surface area contributed by atoms with Gasteiger partial charge in [-0.25, -0.2) is 0 Å². The molecule has 184 valence electrons. The molecule has 1 saturated carbocycles. The van der Waals surface area contributed by atoms with Crippen LogP contribution in [-0.2, 0) is 16.0 Å². The van der Waals surface area contributed by atoms with E-state index in [0.717, 1.165) is 25.7 Å². The number of hydrogen-bond acceptors (Lipinski definition) is 3. The maximum absolute atomic E-state index is 12.7. The molecule has 5 rings (SSSR count). The van der Waals surface area contributed by atoms with Crippen molar-refractivity contribution in [1.82, 2.24) is 4.90 Å². The number of carbonyl (C=O) groups is 2. The van der Waals surface area contributed by atoms with Gasteiger partial charge >= 0.3 is 0 Å². The van der Waals surface area contributed by atoms with E-state index in [9.17, 15) is 14.7 Å². The number of aliphatic hydroxyl groups excluding tert-OH is 1. The molecule has 1 aromatic rings. The van der Waals surface area contributed by atoms with Gasteiger partial charge in [0, 0.05) is 18.9 Å². The van der Waals surface area contributed by atoms with Crippen LogP contribution in [0.5, 0.6) is 0 Å². The quantitative estimate of drug-likeness (QED) is 0.595. The molecule has 0 bridgehead atoms. The number of carbonyl (C=O) groups excluding carboxylic acids is 2. The van der Waals surface area contributed by atoms with Crippen LogP contribution in [0.15, 0.2) is 23.8 Å². The third kappa shape index (κ3) is 3.67. The number of amides is 1. The summed E-state index contributed by atoms with van der Waals surface area (Å²) < 4.78 is 0. The Morgan fingerprint density at radius 1 is 1.32 bits per heavy atom. The number of benzene rings is 1. The summed E-state index contributed by atoms with van der Waals surface area (Å²) in [5.41, 5.74) is 7.01. The second-order valence-corrected chi connectivity index (χ2v) is 12.0. The van der Waals surface area contributed by atoms with E-state index in [1.807, 2.05) is 11.0 Å². The van der Waals surface area contributed by atoms with E-state index < -0.39 is 6.10 Å². The van der Waals surface area contributed by atoms with Crippen LogP contribution >= 0.6 is 11.6 Å². The lowest BCUT2D eigenvalue weighted by Crippen LogP contribution is -2.56. The number of nitrogens with zero attached hydrogens (tertiary/aromatic N) is 1. The zero-order valence-electron chi connectivity index (χ0n) is 20.9. The molecule has 1 amide bonds. The van der Waals surface area contributed by atoms with Gasteiger partial charge in [-0.1, -0.05) is 38.5 Å². The fourth-order valence-corrected chi connectivity index (χ4v) is 8.16. The molecule has 2 fully saturated rings. The Balaban J connectivity index is 1.48. The van der Waals surface area contributed by atoms with Gasteiger partial charge in [0.1, 0.15) is 5.88 Å². The van der Waals surface area contributed by atoms with Crippen molar-refractivity contribution in [1.29, 1.82) is 0 Å². The molecule has 1 saturated heterocycles. The van der Waals surface area contributed by atoms with E-state index in [1.165, 1.54) is 27.8 Å². The summed E-state index contributed by atoms with van der Waals surface area (Å²) in [6.07, 6.45) is 6.97. The molecule has 1 aliphatic heterocycles. The molecule has 4 aliphatic rings. The molecule has 4 nitrogen and oxygen atoms in total. The molecular formula is C29H38ClNO3. The second kappa shape index (κ2) is 8.78. The number of piperidine rings is 1. The minimum absolute atomic E-state index is 0.0286. The van der Waals surface area contributed by atoms with E-state index in [4.69, 9.17) is 11.6 Å². The van der Waals surface area contributed by atoms with E-state index in [1.54, 1.807) is 0 Å².